The third-order valence-electron chi connectivity index (χ3n) is 4.40. The lowest BCUT2D eigenvalue weighted by Gasteiger charge is -2.18. The van der Waals surface area contributed by atoms with E-state index in [2.05, 4.69) is 22.3 Å². The molecule has 2 aromatic rings. The van der Waals surface area contributed by atoms with Crippen molar-refractivity contribution in [2.45, 2.75) is 19.4 Å². The fourth-order valence-corrected chi connectivity index (χ4v) is 3.13. The van der Waals surface area contributed by atoms with Crippen molar-refractivity contribution in [1.29, 1.82) is 0 Å². The predicted octanol–water partition coefficient (Wildman–Crippen LogP) is 3.50. The number of hydrogen-bond donors (Lipinski definition) is 1. The summed E-state index contributed by atoms with van der Waals surface area (Å²) in [4.78, 5) is 16.5. The Morgan fingerprint density at radius 3 is 2.36 bits per heavy atom. The van der Waals surface area contributed by atoms with Gasteiger partial charge in [-0.3, -0.25) is 9.69 Å². The Kier molecular flexibility index (Phi) is 5.66. The summed E-state index contributed by atoms with van der Waals surface area (Å²) in [5.74, 6) is -0.306. The number of likely N-dealkylation sites (N-methyl/N-ethyl adjacent to an activating group) is 1. The molecule has 0 unspecified atom stereocenters. The Balaban J connectivity index is 1.48. The second-order valence-corrected chi connectivity index (χ2v) is 6.59. The smallest absolute Gasteiger partial charge is 0.238 e. The number of rotatable bonds is 6. The highest BCUT2D eigenvalue weighted by Crippen LogP contribution is 2.22. The minimum absolute atomic E-state index is 0.0569. The van der Waals surface area contributed by atoms with Crippen molar-refractivity contribution in [1.82, 2.24) is 4.90 Å². The van der Waals surface area contributed by atoms with Crippen molar-refractivity contribution in [2.24, 2.45) is 0 Å². The van der Waals surface area contributed by atoms with E-state index in [4.69, 9.17) is 0 Å². The van der Waals surface area contributed by atoms with Crippen LogP contribution in [-0.2, 0) is 11.3 Å². The Labute approximate surface area is 148 Å². The SMILES string of the molecule is CN(CC(=O)Nc1ccc(N2CCCC2)cc1)Cc1ccc(F)cc1. The molecule has 0 saturated carbocycles. The maximum Gasteiger partial charge on any atom is 0.238 e. The van der Waals surface area contributed by atoms with Gasteiger partial charge in [0.05, 0.1) is 6.54 Å². The van der Waals surface area contributed by atoms with Crippen LogP contribution in [0.25, 0.3) is 0 Å². The molecule has 1 amide bonds. The molecule has 1 fully saturated rings. The minimum Gasteiger partial charge on any atom is -0.372 e. The first kappa shape index (κ1) is 17.4. The molecule has 0 spiro atoms. The highest BCUT2D eigenvalue weighted by molar-refractivity contribution is 5.92. The van der Waals surface area contributed by atoms with Gasteiger partial charge in [-0.1, -0.05) is 12.1 Å². The molecule has 3 rings (SSSR count). The number of nitrogens with zero attached hydrogens (tertiary/aromatic N) is 2. The van der Waals surface area contributed by atoms with Crippen LogP contribution in [0, 0.1) is 5.82 Å². The first-order valence-corrected chi connectivity index (χ1v) is 8.68. The van der Waals surface area contributed by atoms with Gasteiger partial charge in [0.2, 0.25) is 5.91 Å². The zero-order valence-corrected chi connectivity index (χ0v) is 14.5. The largest absolute Gasteiger partial charge is 0.372 e. The van der Waals surface area contributed by atoms with E-state index >= 15 is 0 Å². The van der Waals surface area contributed by atoms with E-state index in [1.165, 1.54) is 30.7 Å². The van der Waals surface area contributed by atoms with Crippen LogP contribution in [0.4, 0.5) is 15.8 Å². The van der Waals surface area contributed by atoms with Gasteiger partial charge in [0.1, 0.15) is 5.82 Å². The fourth-order valence-electron chi connectivity index (χ4n) is 3.13. The molecule has 0 radical (unpaired) electrons. The van der Waals surface area contributed by atoms with Gasteiger partial charge in [-0.2, -0.15) is 0 Å². The van der Waals surface area contributed by atoms with Crippen molar-refractivity contribution in [2.75, 3.05) is 36.9 Å². The molecule has 1 heterocycles. The zero-order valence-electron chi connectivity index (χ0n) is 14.5. The van der Waals surface area contributed by atoms with Crippen LogP contribution in [0.1, 0.15) is 18.4 Å². The maximum atomic E-state index is 12.9. The average Bonchev–Trinajstić information content (AvgIpc) is 3.12. The van der Waals surface area contributed by atoms with Gasteiger partial charge in [0.25, 0.3) is 0 Å². The molecule has 0 atom stereocenters. The van der Waals surface area contributed by atoms with Crippen LogP contribution in [0.2, 0.25) is 0 Å². The van der Waals surface area contributed by atoms with E-state index in [0.717, 1.165) is 24.3 Å². The molecular weight excluding hydrogens is 317 g/mol. The molecule has 4 nitrogen and oxygen atoms in total. The standard InChI is InChI=1S/C20H24FN3O/c1-23(14-16-4-6-17(21)7-5-16)15-20(25)22-18-8-10-19(11-9-18)24-12-2-3-13-24/h4-11H,2-3,12-15H2,1H3,(H,22,25). The quantitative estimate of drug-likeness (QED) is 0.873. The van der Waals surface area contributed by atoms with Gasteiger partial charge in [-0.05, 0) is 61.9 Å². The number of hydrogen-bond acceptors (Lipinski definition) is 3. The van der Waals surface area contributed by atoms with Gasteiger partial charge < -0.3 is 10.2 Å². The molecule has 132 valence electrons. The van der Waals surface area contributed by atoms with Crippen molar-refractivity contribution < 1.29 is 9.18 Å². The number of anilines is 2. The number of benzene rings is 2. The maximum absolute atomic E-state index is 12.9. The molecule has 1 aliphatic rings. The van der Waals surface area contributed by atoms with E-state index in [1.807, 2.05) is 24.1 Å². The lowest BCUT2D eigenvalue weighted by Crippen LogP contribution is -2.29. The summed E-state index contributed by atoms with van der Waals surface area (Å²) < 4.78 is 12.9. The molecule has 0 bridgehead atoms. The van der Waals surface area contributed by atoms with Gasteiger partial charge in [-0.25, -0.2) is 4.39 Å². The van der Waals surface area contributed by atoms with Crippen LogP contribution < -0.4 is 10.2 Å². The Hall–Kier alpha value is -2.40. The second-order valence-electron chi connectivity index (χ2n) is 6.59. The van der Waals surface area contributed by atoms with Crippen molar-refractivity contribution in [3.8, 4) is 0 Å². The summed E-state index contributed by atoms with van der Waals surface area (Å²) in [6.07, 6.45) is 2.50. The minimum atomic E-state index is -0.249. The summed E-state index contributed by atoms with van der Waals surface area (Å²) >= 11 is 0. The third-order valence-corrected chi connectivity index (χ3v) is 4.40. The molecule has 1 aliphatic heterocycles. The monoisotopic (exact) mass is 341 g/mol. The highest BCUT2D eigenvalue weighted by atomic mass is 19.1. The van der Waals surface area contributed by atoms with Gasteiger partial charge in [0.15, 0.2) is 0 Å². The summed E-state index contributed by atoms with van der Waals surface area (Å²) in [6.45, 7) is 3.10. The molecule has 1 N–H and O–H groups in total. The molecule has 0 aromatic heterocycles. The molecule has 1 saturated heterocycles. The van der Waals surface area contributed by atoms with E-state index < -0.39 is 0 Å². The lowest BCUT2D eigenvalue weighted by molar-refractivity contribution is -0.117. The zero-order chi connectivity index (χ0) is 17.6. The summed E-state index contributed by atoms with van der Waals surface area (Å²) in [6, 6.07) is 14.4. The summed E-state index contributed by atoms with van der Waals surface area (Å²) in [5, 5.41) is 2.93. The van der Waals surface area contributed by atoms with E-state index in [9.17, 15) is 9.18 Å². The van der Waals surface area contributed by atoms with Crippen molar-refractivity contribution in [3.63, 3.8) is 0 Å². The summed E-state index contributed by atoms with van der Waals surface area (Å²) in [7, 11) is 1.87. The summed E-state index contributed by atoms with van der Waals surface area (Å²) in [5.41, 5.74) is 3.00. The number of carbonyl (C=O) groups is 1. The van der Waals surface area contributed by atoms with E-state index in [-0.39, 0.29) is 18.3 Å². The van der Waals surface area contributed by atoms with Crippen LogP contribution in [0.3, 0.4) is 0 Å². The average molecular weight is 341 g/mol. The molecule has 25 heavy (non-hydrogen) atoms. The Morgan fingerprint density at radius 2 is 1.72 bits per heavy atom. The van der Waals surface area contributed by atoms with Crippen LogP contribution in [-0.4, -0.2) is 37.5 Å². The van der Waals surface area contributed by atoms with Crippen molar-refractivity contribution in [3.05, 3.63) is 59.9 Å². The number of amides is 1. The third kappa shape index (κ3) is 5.03. The Bertz CT molecular complexity index is 694. The molecular formula is C20H24FN3O. The van der Waals surface area contributed by atoms with Gasteiger partial charge in [0, 0.05) is 31.0 Å². The van der Waals surface area contributed by atoms with Gasteiger partial charge in [-0.15, -0.1) is 0 Å². The van der Waals surface area contributed by atoms with Crippen molar-refractivity contribution >= 4 is 17.3 Å². The second kappa shape index (κ2) is 8.12. The normalized spacial score (nSPS) is 14.1. The Morgan fingerprint density at radius 1 is 1.08 bits per heavy atom. The topological polar surface area (TPSA) is 35.6 Å². The van der Waals surface area contributed by atoms with Crippen LogP contribution in [0.15, 0.2) is 48.5 Å². The highest BCUT2D eigenvalue weighted by Gasteiger charge is 2.12. The van der Waals surface area contributed by atoms with E-state index in [1.54, 1.807) is 12.1 Å². The molecule has 5 heteroatoms. The first-order chi connectivity index (χ1) is 12.1. The lowest BCUT2D eigenvalue weighted by atomic mass is 10.2. The molecule has 0 aliphatic carbocycles. The molecule has 2 aromatic carbocycles. The number of carbonyl (C=O) groups excluding carboxylic acids is 1. The number of nitrogens with one attached hydrogen (secondary N) is 1. The van der Waals surface area contributed by atoms with Gasteiger partial charge >= 0.3 is 0 Å². The van der Waals surface area contributed by atoms with E-state index in [0.29, 0.717) is 6.54 Å². The predicted molar refractivity (Wildman–Crippen MR) is 99.3 cm³/mol. The van der Waals surface area contributed by atoms with Crippen LogP contribution in [0.5, 0.6) is 0 Å². The fraction of sp³-hybridized carbons (Fsp3) is 0.350. The van der Waals surface area contributed by atoms with Crippen LogP contribution >= 0.6 is 0 Å². The first-order valence-electron chi connectivity index (χ1n) is 8.68. The number of halogens is 1.